The van der Waals surface area contributed by atoms with Gasteiger partial charge in [0, 0.05) is 23.6 Å². The lowest BCUT2D eigenvalue weighted by Crippen LogP contribution is -2.42. The highest BCUT2D eigenvalue weighted by Crippen LogP contribution is 2.17. The van der Waals surface area contributed by atoms with Gasteiger partial charge >= 0.3 is 0 Å². The Kier molecular flexibility index (Phi) is 4.82. The maximum absolute atomic E-state index is 12.1. The molecule has 1 heterocycles. The van der Waals surface area contributed by atoms with Crippen LogP contribution in [0.1, 0.15) is 11.1 Å². The minimum absolute atomic E-state index is 0.164. The number of carbonyl (C=O) groups excluding carboxylic acids is 1. The predicted octanol–water partition coefficient (Wildman–Crippen LogP) is 2.10. The third kappa shape index (κ3) is 3.75. The van der Waals surface area contributed by atoms with Gasteiger partial charge in [-0.2, -0.15) is 0 Å². The first-order valence-electron chi connectivity index (χ1n) is 7.99. The second kappa shape index (κ2) is 7.19. The molecule has 0 unspecified atom stereocenters. The number of hydrogen-bond acceptors (Lipinski definition) is 3. The van der Waals surface area contributed by atoms with Crippen molar-refractivity contribution in [3.05, 3.63) is 65.9 Å². The maximum Gasteiger partial charge on any atom is 0.237 e. The number of amides is 1. The molecule has 0 fully saturated rings. The monoisotopic (exact) mass is 323 g/mol. The summed E-state index contributed by atoms with van der Waals surface area (Å²) in [5.41, 5.74) is 9.16. The molecule has 0 radical (unpaired) electrons. The van der Waals surface area contributed by atoms with Gasteiger partial charge in [0.2, 0.25) is 5.91 Å². The summed E-state index contributed by atoms with van der Waals surface area (Å²) in [4.78, 5) is 15.3. The van der Waals surface area contributed by atoms with E-state index in [0.717, 1.165) is 17.5 Å². The summed E-state index contributed by atoms with van der Waals surface area (Å²) in [7, 11) is 0. The first kappa shape index (κ1) is 16.1. The van der Waals surface area contributed by atoms with Crippen LogP contribution in [0.4, 0.5) is 0 Å². The number of aromatic nitrogens is 1. The van der Waals surface area contributed by atoms with Crippen molar-refractivity contribution in [2.45, 2.75) is 18.9 Å². The largest absolute Gasteiger partial charge is 0.508 e. The molecule has 0 saturated carbocycles. The average molecular weight is 323 g/mol. The molecule has 5 nitrogen and oxygen atoms in total. The van der Waals surface area contributed by atoms with E-state index in [-0.39, 0.29) is 11.7 Å². The third-order valence-electron chi connectivity index (χ3n) is 4.10. The predicted molar refractivity (Wildman–Crippen MR) is 94.8 cm³/mol. The lowest BCUT2D eigenvalue weighted by Gasteiger charge is -2.12. The Morgan fingerprint density at radius 3 is 2.71 bits per heavy atom. The quantitative estimate of drug-likeness (QED) is 0.560. The minimum Gasteiger partial charge on any atom is -0.508 e. The van der Waals surface area contributed by atoms with Crippen molar-refractivity contribution in [1.82, 2.24) is 10.3 Å². The molecule has 0 aliphatic rings. The molecule has 5 heteroatoms. The molecule has 1 atom stereocenters. The van der Waals surface area contributed by atoms with Crippen molar-refractivity contribution in [3.8, 4) is 5.75 Å². The summed E-state index contributed by atoms with van der Waals surface area (Å²) in [6.07, 6.45) is 3.17. The molecule has 0 spiro atoms. The van der Waals surface area contributed by atoms with Gasteiger partial charge in [-0.3, -0.25) is 4.79 Å². The fraction of sp³-hybridized carbons (Fsp3) is 0.211. The van der Waals surface area contributed by atoms with Crippen LogP contribution in [-0.2, 0) is 17.6 Å². The van der Waals surface area contributed by atoms with Crippen molar-refractivity contribution in [2.75, 3.05) is 6.54 Å². The van der Waals surface area contributed by atoms with E-state index in [1.165, 1.54) is 10.9 Å². The summed E-state index contributed by atoms with van der Waals surface area (Å²) in [6, 6.07) is 14.2. The van der Waals surface area contributed by atoms with E-state index in [1.807, 2.05) is 24.4 Å². The van der Waals surface area contributed by atoms with Gasteiger partial charge in [-0.15, -0.1) is 0 Å². The number of phenolic OH excluding ortho intramolecular Hbond substituents is 1. The molecule has 5 N–H and O–H groups in total. The van der Waals surface area contributed by atoms with E-state index in [0.29, 0.717) is 13.0 Å². The molecule has 124 valence electrons. The zero-order valence-corrected chi connectivity index (χ0v) is 13.3. The molecular formula is C19H21N3O2. The number of nitrogens with one attached hydrogen (secondary N) is 2. The first-order valence-corrected chi connectivity index (χ1v) is 7.99. The fourth-order valence-corrected chi connectivity index (χ4v) is 2.77. The number of aromatic amines is 1. The van der Waals surface area contributed by atoms with Gasteiger partial charge in [0.15, 0.2) is 0 Å². The topological polar surface area (TPSA) is 91.1 Å². The maximum atomic E-state index is 12.1. The van der Waals surface area contributed by atoms with Gasteiger partial charge in [-0.05, 0) is 42.2 Å². The fourth-order valence-electron chi connectivity index (χ4n) is 2.77. The number of phenols is 1. The van der Waals surface area contributed by atoms with Crippen molar-refractivity contribution in [2.24, 2.45) is 5.73 Å². The summed E-state index contributed by atoms with van der Waals surface area (Å²) in [6.45, 7) is 0.546. The number of carbonyl (C=O) groups is 1. The van der Waals surface area contributed by atoms with E-state index in [4.69, 9.17) is 5.73 Å². The van der Waals surface area contributed by atoms with Crippen LogP contribution in [0.25, 0.3) is 10.9 Å². The Balaban J connectivity index is 1.50. The number of nitrogens with two attached hydrogens (primary N) is 1. The minimum atomic E-state index is -0.600. The number of para-hydroxylation sites is 1. The highest BCUT2D eigenvalue weighted by atomic mass is 16.3. The summed E-state index contributed by atoms with van der Waals surface area (Å²) in [5.74, 6) is 0.0402. The highest BCUT2D eigenvalue weighted by Gasteiger charge is 2.14. The zero-order chi connectivity index (χ0) is 16.9. The molecule has 2 aromatic carbocycles. The average Bonchev–Trinajstić information content (AvgIpc) is 3.00. The van der Waals surface area contributed by atoms with Crippen LogP contribution < -0.4 is 11.1 Å². The number of benzene rings is 2. The van der Waals surface area contributed by atoms with Crippen LogP contribution in [0, 0.1) is 0 Å². The molecule has 0 aliphatic carbocycles. The van der Waals surface area contributed by atoms with Gasteiger partial charge < -0.3 is 21.1 Å². The van der Waals surface area contributed by atoms with Crippen molar-refractivity contribution >= 4 is 16.8 Å². The molecule has 1 aromatic heterocycles. The number of aromatic hydroxyl groups is 1. The Morgan fingerprint density at radius 2 is 1.92 bits per heavy atom. The first-order chi connectivity index (χ1) is 11.6. The Bertz CT molecular complexity index is 824. The Morgan fingerprint density at radius 1 is 1.17 bits per heavy atom. The van der Waals surface area contributed by atoms with E-state index in [1.54, 1.807) is 24.3 Å². The van der Waals surface area contributed by atoms with Gasteiger partial charge in [-0.1, -0.05) is 30.3 Å². The normalized spacial score (nSPS) is 12.2. The number of hydrogen-bond donors (Lipinski definition) is 4. The van der Waals surface area contributed by atoms with Crippen LogP contribution in [-0.4, -0.2) is 28.6 Å². The molecule has 0 bridgehead atoms. The second-order valence-electron chi connectivity index (χ2n) is 5.88. The zero-order valence-electron chi connectivity index (χ0n) is 13.3. The third-order valence-corrected chi connectivity index (χ3v) is 4.10. The highest BCUT2D eigenvalue weighted by molar-refractivity contribution is 5.83. The molecule has 0 saturated heterocycles. The van der Waals surface area contributed by atoms with E-state index in [9.17, 15) is 9.90 Å². The summed E-state index contributed by atoms with van der Waals surface area (Å²) >= 11 is 0. The van der Waals surface area contributed by atoms with Crippen LogP contribution in [0.15, 0.2) is 54.7 Å². The Labute approximate surface area is 140 Å². The van der Waals surface area contributed by atoms with E-state index < -0.39 is 6.04 Å². The second-order valence-corrected chi connectivity index (χ2v) is 5.88. The molecule has 3 aromatic rings. The summed E-state index contributed by atoms with van der Waals surface area (Å²) in [5, 5.41) is 13.3. The van der Waals surface area contributed by atoms with Crippen LogP contribution >= 0.6 is 0 Å². The molecule has 24 heavy (non-hydrogen) atoms. The Hall–Kier alpha value is -2.79. The molecule has 3 rings (SSSR count). The van der Waals surface area contributed by atoms with Crippen molar-refractivity contribution in [3.63, 3.8) is 0 Å². The van der Waals surface area contributed by atoms with Crippen LogP contribution in [0.5, 0.6) is 5.75 Å². The van der Waals surface area contributed by atoms with Crippen LogP contribution in [0.3, 0.4) is 0 Å². The number of rotatable bonds is 6. The lowest BCUT2D eigenvalue weighted by atomic mass is 10.1. The standard InChI is InChI=1S/C19H21N3O2/c20-17(11-13-5-7-15(23)8-6-13)19(24)21-10-9-14-12-22-18-4-2-1-3-16(14)18/h1-8,12,17,22-23H,9-11,20H2,(H,21,24)/t17-/m0/s1. The molecule has 0 aliphatic heterocycles. The van der Waals surface area contributed by atoms with Gasteiger partial charge in [0.05, 0.1) is 6.04 Å². The van der Waals surface area contributed by atoms with Gasteiger partial charge in [0.1, 0.15) is 5.75 Å². The lowest BCUT2D eigenvalue weighted by molar-refractivity contribution is -0.122. The smallest absolute Gasteiger partial charge is 0.237 e. The number of fused-ring (bicyclic) bond motifs is 1. The SMILES string of the molecule is N[C@@H](Cc1ccc(O)cc1)C(=O)NCCc1c[nH]c2ccccc12. The van der Waals surface area contributed by atoms with Crippen LogP contribution in [0.2, 0.25) is 0 Å². The van der Waals surface area contributed by atoms with Gasteiger partial charge in [0.25, 0.3) is 0 Å². The van der Waals surface area contributed by atoms with E-state index in [2.05, 4.69) is 16.4 Å². The summed E-state index contributed by atoms with van der Waals surface area (Å²) < 4.78 is 0. The van der Waals surface area contributed by atoms with Gasteiger partial charge in [-0.25, -0.2) is 0 Å². The van der Waals surface area contributed by atoms with E-state index >= 15 is 0 Å². The molecular weight excluding hydrogens is 302 g/mol. The number of H-pyrrole nitrogens is 1. The van der Waals surface area contributed by atoms with Crippen molar-refractivity contribution < 1.29 is 9.90 Å². The molecule has 1 amide bonds. The van der Waals surface area contributed by atoms with Crippen molar-refractivity contribution in [1.29, 1.82) is 0 Å².